The Morgan fingerprint density at radius 1 is 1.50 bits per heavy atom. The van der Waals surface area contributed by atoms with E-state index in [1.807, 2.05) is 6.92 Å². The standard InChI is InChI=1S/C8H17N3O/c1-3-4-7(9)11-6-5-8(12)10-2/h3-6H2,1-2H3,(H2,9,11)(H,10,12). The molecule has 0 saturated carbocycles. The summed E-state index contributed by atoms with van der Waals surface area (Å²) >= 11 is 0. The number of amides is 1. The minimum atomic E-state index is 0.00282. The number of rotatable bonds is 5. The van der Waals surface area contributed by atoms with Gasteiger partial charge in [-0.2, -0.15) is 0 Å². The van der Waals surface area contributed by atoms with Crippen LogP contribution in [0, 0.1) is 0 Å². The van der Waals surface area contributed by atoms with Gasteiger partial charge in [0.1, 0.15) is 0 Å². The maximum atomic E-state index is 10.7. The fourth-order valence-corrected chi connectivity index (χ4v) is 0.761. The van der Waals surface area contributed by atoms with Crippen LogP contribution in [0.5, 0.6) is 0 Å². The largest absolute Gasteiger partial charge is 0.387 e. The molecular formula is C8H17N3O. The molecule has 0 aliphatic heterocycles. The number of hydrogen-bond acceptors (Lipinski definition) is 2. The second-order valence-corrected chi connectivity index (χ2v) is 2.55. The van der Waals surface area contributed by atoms with Crippen LogP contribution < -0.4 is 11.1 Å². The van der Waals surface area contributed by atoms with E-state index in [0.717, 1.165) is 12.8 Å². The molecule has 0 aromatic rings. The lowest BCUT2D eigenvalue weighted by atomic mass is 10.3. The van der Waals surface area contributed by atoms with Gasteiger partial charge in [0.05, 0.1) is 5.84 Å². The fourth-order valence-electron chi connectivity index (χ4n) is 0.761. The molecule has 0 heterocycles. The lowest BCUT2D eigenvalue weighted by molar-refractivity contribution is -0.120. The molecule has 0 atom stereocenters. The van der Waals surface area contributed by atoms with Crippen LogP contribution in [0.4, 0.5) is 0 Å². The van der Waals surface area contributed by atoms with Crippen LogP contribution in [0.2, 0.25) is 0 Å². The third kappa shape index (κ3) is 5.70. The summed E-state index contributed by atoms with van der Waals surface area (Å²) in [5.41, 5.74) is 5.53. The molecule has 0 fully saturated rings. The average molecular weight is 171 g/mol. The van der Waals surface area contributed by atoms with Crippen LogP contribution in [0.3, 0.4) is 0 Å². The summed E-state index contributed by atoms with van der Waals surface area (Å²) in [4.78, 5) is 14.8. The average Bonchev–Trinajstić information content (AvgIpc) is 2.04. The van der Waals surface area contributed by atoms with E-state index in [1.54, 1.807) is 7.05 Å². The van der Waals surface area contributed by atoms with Crippen LogP contribution in [0.1, 0.15) is 26.2 Å². The maximum Gasteiger partial charge on any atom is 0.221 e. The number of aliphatic imine (C=N–C) groups is 1. The van der Waals surface area contributed by atoms with Gasteiger partial charge in [-0.15, -0.1) is 0 Å². The molecule has 0 spiro atoms. The van der Waals surface area contributed by atoms with Gasteiger partial charge in [0.15, 0.2) is 0 Å². The van der Waals surface area contributed by atoms with E-state index >= 15 is 0 Å². The molecular weight excluding hydrogens is 154 g/mol. The van der Waals surface area contributed by atoms with E-state index in [2.05, 4.69) is 10.3 Å². The number of amidine groups is 1. The Labute approximate surface area is 73.2 Å². The highest BCUT2D eigenvalue weighted by atomic mass is 16.1. The highest BCUT2D eigenvalue weighted by Crippen LogP contribution is 1.88. The van der Waals surface area contributed by atoms with Crippen molar-refractivity contribution in [1.82, 2.24) is 5.32 Å². The first-order valence-electron chi connectivity index (χ1n) is 4.20. The van der Waals surface area contributed by atoms with E-state index in [-0.39, 0.29) is 5.91 Å². The molecule has 0 unspecified atom stereocenters. The molecule has 0 rings (SSSR count). The second-order valence-electron chi connectivity index (χ2n) is 2.55. The normalized spacial score (nSPS) is 11.3. The Bertz CT molecular complexity index is 166. The second kappa shape index (κ2) is 6.64. The summed E-state index contributed by atoms with van der Waals surface area (Å²) in [6, 6.07) is 0. The lowest BCUT2D eigenvalue weighted by Gasteiger charge is -1.98. The Balaban J connectivity index is 3.52. The molecule has 0 aliphatic rings. The number of nitrogens with one attached hydrogen (secondary N) is 1. The Hall–Kier alpha value is -1.06. The highest BCUT2D eigenvalue weighted by Gasteiger charge is 1.95. The molecule has 3 N–H and O–H groups in total. The van der Waals surface area contributed by atoms with Crippen molar-refractivity contribution in [3.63, 3.8) is 0 Å². The minimum Gasteiger partial charge on any atom is -0.387 e. The van der Waals surface area contributed by atoms with Crippen LogP contribution in [-0.4, -0.2) is 25.3 Å². The van der Waals surface area contributed by atoms with Crippen LogP contribution in [0.15, 0.2) is 4.99 Å². The Morgan fingerprint density at radius 3 is 2.67 bits per heavy atom. The molecule has 0 aliphatic carbocycles. The monoisotopic (exact) mass is 171 g/mol. The molecule has 70 valence electrons. The van der Waals surface area contributed by atoms with Gasteiger partial charge >= 0.3 is 0 Å². The highest BCUT2D eigenvalue weighted by molar-refractivity contribution is 5.81. The molecule has 0 aromatic carbocycles. The first-order chi connectivity index (χ1) is 5.70. The molecule has 0 aromatic heterocycles. The minimum absolute atomic E-state index is 0.00282. The number of carbonyl (C=O) groups excluding carboxylic acids is 1. The van der Waals surface area contributed by atoms with Gasteiger partial charge in [0.25, 0.3) is 0 Å². The zero-order valence-electron chi connectivity index (χ0n) is 7.76. The van der Waals surface area contributed by atoms with Crippen molar-refractivity contribution < 1.29 is 4.79 Å². The van der Waals surface area contributed by atoms with Crippen molar-refractivity contribution in [3.05, 3.63) is 0 Å². The van der Waals surface area contributed by atoms with Gasteiger partial charge in [-0.25, -0.2) is 0 Å². The SMILES string of the molecule is CCCC(N)=NCCC(=O)NC. The zero-order valence-corrected chi connectivity index (χ0v) is 7.76. The topological polar surface area (TPSA) is 67.5 Å². The summed E-state index contributed by atoms with van der Waals surface area (Å²) in [7, 11) is 1.61. The van der Waals surface area contributed by atoms with Gasteiger partial charge in [-0.05, 0) is 6.42 Å². The van der Waals surface area contributed by atoms with Crippen molar-refractivity contribution in [3.8, 4) is 0 Å². The first kappa shape index (κ1) is 10.9. The van der Waals surface area contributed by atoms with E-state index < -0.39 is 0 Å². The molecule has 0 bridgehead atoms. The van der Waals surface area contributed by atoms with Crippen LogP contribution in [-0.2, 0) is 4.79 Å². The zero-order chi connectivity index (χ0) is 9.40. The van der Waals surface area contributed by atoms with Crippen molar-refractivity contribution in [1.29, 1.82) is 0 Å². The summed E-state index contributed by atoms with van der Waals surface area (Å²) < 4.78 is 0. The van der Waals surface area contributed by atoms with Crippen LogP contribution >= 0.6 is 0 Å². The fraction of sp³-hybridized carbons (Fsp3) is 0.750. The smallest absolute Gasteiger partial charge is 0.221 e. The summed E-state index contributed by atoms with van der Waals surface area (Å²) in [5, 5.41) is 2.52. The summed E-state index contributed by atoms with van der Waals surface area (Å²) in [6.45, 7) is 2.53. The van der Waals surface area contributed by atoms with Gasteiger partial charge < -0.3 is 11.1 Å². The Kier molecular flexibility index (Phi) is 6.05. The molecule has 0 radical (unpaired) electrons. The summed E-state index contributed by atoms with van der Waals surface area (Å²) in [6.07, 6.45) is 2.23. The molecule has 12 heavy (non-hydrogen) atoms. The van der Waals surface area contributed by atoms with E-state index in [1.165, 1.54) is 0 Å². The summed E-state index contributed by atoms with van der Waals surface area (Å²) in [5.74, 6) is 0.643. The Morgan fingerprint density at radius 2 is 2.17 bits per heavy atom. The first-order valence-corrected chi connectivity index (χ1v) is 4.20. The van der Waals surface area contributed by atoms with Crippen molar-refractivity contribution in [2.24, 2.45) is 10.7 Å². The molecule has 1 amide bonds. The van der Waals surface area contributed by atoms with Gasteiger partial charge in [0, 0.05) is 26.4 Å². The molecule has 4 nitrogen and oxygen atoms in total. The predicted octanol–water partition coefficient (Wildman–Crippen LogP) is 0.280. The third-order valence-electron chi connectivity index (χ3n) is 1.44. The van der Waals surface area contributed by atoms with E-state index in [9.17, 15) is 4.79 Å². The third-order valence-corrected chi connectivity index (χ3v) is 1.44. The maximum absolute atomic E-state index is 10.7. The number of nitrogens with two attached hydrogens (primary N) is 1. The molecule has 0 saturated heterocycles. The van der Waals surface area contributed by atoms with Gasteiger partial charge in [-0.3, -0.25) is 9.79 Å². The number of nitrogens with zero attached hydrogens (tertiary/aromatic N) is 1. The number of carbonyl (C=O) groups is 1. The van der Waals surface area contributed by atoms with Gasteiger partial charge in [0.2, 0.25) is 5.91 Å². The number of hydrogen-bond donors (Lipinski definition) is 2. The lowest BCUT2D eigenvalue weighted by Crippen LogP contribution is -2.19. The van der Waals surface area contributed by atoms with E-state index in [4.69, 9.17) is 5.73 Å². The van der Waals surface area contributed by atoms with E-state index in [0.29, 0.717) is 18.8 Å². The van der Waals surface area contributed by atoms with Crippen molar-refractivity contribution in [2.75, 3.05) is 13.6 Å². The predicted molar refractivity (Wildman–Crippen MR) is 50.1 cm³/mol. The van der Waals surface area contributed by atoms with Crippen molar-refractivity contribution in [2.45, 2.75) is 26.2 Å². The van der Waals surface area contributed by atoms with Gasteiger partial charge in [-0.1, -0.05) is 6.92 Å². The van der Waals surface area contributed by atoms with Crippen LogP contribution in [0.25, 0.3) is 0 Å². The van der Waals surface area contributed by atoms with Crippen molar-refractivity contribution >= 4 is 11.7 Å². The molecule has 4 heteroatoms. The quantitative estimate of drug-likeness (QED) is 0.461.